The molecule has 2 atom stereocenters. The van der Waals surface area contributed by atoms with E-state index < -0.39 is 5.91 Å². The van der Waals surface area contributed by atoms with Gasteiger partial charge in [-0.15, -0.1) is 5.10 Å². The quantitative estimate of drug-likeness (QED) is 0.241. The summed E-state index contributed by atoms with van der Waals surface area (Å²) in [5.74, 6) is -0.00434. The molecule has 0 saturated heterocycles. The number of hydrogen-bond donors (Lipinski definition) is 3. The van der Waals surface area contributed by atoms with Crippen LogP contribution in [-0.4, -0.2) is 31.8 Å². The van der Waals surface area contributed by atoms with Gasteiger partial charge in [-0.2, -0.15) is 0 Å². The third-order valence-corrected chi connectivity index (χ3v) is 6.79. The van der Waals surface area contributed by atoms with Crippen LogP contribution in [-0.2, 0) is 16.8 Å². The minimum atomic E-state index is -0.563. The normalized spacial score (nSPS) is 17.9. The first-order chi connectivity index (χ1) is 15.0. The average Bonchev–Trinajstić information content (AvgIpc) is 3.35. The summed E-state index contributed by atoms with van der Waals surface area (Å²) in [6.45, 7) is 4.43. The number of carbonyl (C=O) groups excluding carboxylic acids is 1. The molecule has 166 valence electrons. The van der Waals surface area contributed by atoms with Crippen LogP contribution < -0.4 is 5.48 Å². The van der Waals surface area contributed by atoms with Gasteiger partial charge in [0.05, 0.1) is 11.7 Å². The molecule has 0 aliphatic heterocycles. The fourth-order valence-corrected chi connectivity index (χ4v) is 5.09. The molecule has 1 aliphatic carbocycles. The Labute approximate surface area is 184 Å². The minimum absolute atomic E-state index is 0.0742. The third-order valence-electron chi connectivity index (χ3n) is 6.79. The number of benzene rings is 1. The number of hydrogen-bond acceptors (Lipinski definition) is 5. The van der Waals surface area contributed by atoms with E-state index in [9.17, 15) is 4.79 Å². The number of amides is 1. The fourth-order valence-electron chi connectivity index (χ4n) is 5.09. The fraction of sp³-hybridized carbons (Fsp3) is 0.500. The third kappa shape index (κ3) is 5.28. The maximum Gasteiger partial charge on any atom is 0.267 e. The van der Waals surface area contributed by atoms with Gasteiger partial charge in [-0.1, -0.05) is 55.7 Å². The Kier molecular flexibility index (Phi) is 7.74. The summed E-state index contributed by atoms with van der Waals surface area (Å²) in [5, 5.41) is 26.1. The minimum Gasteiger partial charge on any atom is -0.309 e. The smallest absolute Gasteiger partial charge is 0.267 e. The molecule has 7 nitrogen and oxygen atoms in total. The first-order valence-electron chi connectivity index (χ1n) is 11.1. The van der Waals surface area contributed by atoms with Crippen LogP contribution in [0.15, 0.2) is 42.7 Å². The summed E-state index contributed by atoms with van der Waals surface area (Å²) in [5.41, 5.74) is 3.96. The van der Waals surface area contributed by atoms with Gasteiger partial charge in [-0.05, 0) is 49.3 Å². The molecule has 1 fully saturated rings. The van der Waals surface area contributed by atoms with E-state index in [4.69, 9.17) is 10.6 Å². The van der Waals surface area contributed by atoms with Crippen molar-refractivity contribution in [3.05, 3.63) is 53.9 Å². The van der Waals surface area contributed by atoms with Gasteiger partial charge in [-0.3, -0.25) is 10.0 Å². The predicted molar refractivity (Wildman–Crippen MR) is 121 cm³/mol. The van der Waals surface area contributed by atoms with Crippen molar-refractivity contribution in [3.63, 3.8) is 0 Å². The number of nitrogens with zero attached hydrogens (tertiary/aromatic N) is 3. The zero-order chi connectivity index (χ0) is 22.3. The van der Waals surface area contributed by atoms with Crippen LogP contribution in [0.1, 0.15) is 63.5 Å². The molecule has 3 N–H and O–H groups in total. The van der Waals surface area contributed by atoms with E-state index in [1.54, 1.807) is 17.8 Å². The summed E-state index contributed by atoms with van der Waals surface area (Å²) in [6, 6.07) is 7.82. The Balaban J connectivity index is 1.79. The molecule has 0 radical (unpaired) electrons. The van der Waals surface area contributed by atoms with Crippen molar-refractivity contribution in [1.29, 1.82) is 5.41 Å². The molecular weight excluding hydrogens is 390 g/mol. The molecule has 1 amide bonds. The maximum absolute atomic E-state index is 11.1. The highest BCUT2D eigenvalue weighted by atomic mass is 16.5. The molecule has 3 rings (SSSR count). The van der Waals surface area contributed by atoms with Crippen LogP contribution in [0.5, 0.6) is 0 Å². The van der Waals surface area contributed by atoms with Crippen LogP contribution in [0.3, 0.4) is 0 Å². The topological polar surface area (TPSA) is 104 Å². The van der Waals surface area contributed by atoms with Crippen molar-refractivity contribution in [3.8, 4) is 0 Å². The van der Waals surface area contributed by atoms with Gasteiger partial charge < -0.3 is 5.41 Å². The Morgan fingerprint density at radius 2 is 2.03 bits per heavy atom. The summed E-state index contributed by atoms with van der Waals surface area (Å²) >= 11 is 0. The lowest BCUT2D eigenvalue weighted by atomic mass is 9.66. The second kappa shape index (κ2) is 10.5. The summed E-state index contributed by atoms with van der Waals surface area (Å²) < 4.78 is 2.01. The monoisotopic (exact) mass is 423 g/mol. The lowest BCUT2D eigenvalue weighted by Crippen LogP contribution is -2.49. The van der Waals surface area contributed by atoms with E-state index in [1.165, 1.54) is 38.2 Å². The Hall–Kier alpha value is -2.80. The van der Waals surface area contributed by atoms with Crippen molar-refractivity contribution in [1.82, 2.24) is 20.5 Å². The molecule has 0 spiro atoms. The van der Waals surface area contributed by atoms with Crippen molar-refractivity contribution in [2.45, 2.75) is 64.3 Å². The van der Waals surface area contributed by atoms with Gasteiger partial charge in [0.25, 0.3) is 5.91 Å². The molecule has 31 heavy (non-hydrogen) atoms. The molecule has 1 aromatic heterocycles. The number of nitrogens with one attached hydrogen (secondary N) is 2. The van der Waals surface area contributed by atoms with Crippen molar-refractivity contribution in [2.75, 3.05) is 0 Å². The lowest BCUT2D eigenvalue weighted by molar-refractivity contribution is -0.124. The number of carbonyl (C=O) groups is 1. The zero-order valence-corrected chi connectivity index (χ0v) is 18.4. The SMILES string of the molecule is CC[C@@H](C(=N)Cc1ccc(/C=C/C(=O)NO)cc1)C(C)(C1CCCCC1)n1ccnn1. The van der Waals surface area contributed by atoms with Gasteiger partial charge in [0, 0.05) is 30.3 Å². The molecular formula is C24H33N5O2. The highest BCUT2D eigenvalue weighted by molar-refractivity contribution is 5.91. The first-order valence-corrected chi connectivity index (χ1v) is 11.1. The van der Waals surface area contributed by atoms with Crippen molar-refractivity contribution in [2.24, 2.45) is 11.8 Å². The van der Waals surface area contributed by atoms with Gasteiger partial charge in [0.2, 0.25) is 0 Å². The highest BCUT2D eigenvalue weighted by Crippen LogP contribution is 2.43. The first kappa shape index (κ1) is 22.9. The molecule has 1 saturated carbocycles. The molecule has 7 heteroatoms. The summed E-state index contributed by atoms with van der Waals surface area (Å²) in [4.78, 5) is 11.1. The molecule has 1 aromatic carbocycles. The Bertz CT molecular complexity index is 885. The van der Waals surface area contributed by atoms with Crippen LogP contribution >= 0.6 is 0 Å². The Morgan fingerprint density at radius 1 is 1.32 bits per heavy atom. The predicted octanol–water partition coefficient (Wildman–Crippen LogP) is 4.38. The summed E-state index contributed by atoms with van der Waals surface area (Å²) in [6.07, 6.45) is 14.2. The van der Waals surface area contributed by atoms with Gasteiger partial charge in [0.1, 0.15) is 0 Å². The van der Waals surface area contributed by atoms with Crippen molar-refractivity contribution >= 4 is 17.7 Å². The largest absolute Gasteiger partial charge is 0.309 e. The number of rotatable bonds is 9. The van der Waals surface area contributed by atoms with Crippen LogP contribution in [0, 0.1) is 17.2 Å². The molecule has 1 heterocycles. The second-order valence-electron chi connectivity index (χ2n) is 8.62. The number of aromatic nitrogens is 3. The van der Waals surface area contributed by atoms with Crippen LogP contribution in [0.4, 0.5) is 0 Å². The molecule has 1 aliphatic rings. The summed E-state index contributed by atoms with van der Waals surface area (Å²) in [7, 11) is 0. The molecule has 0 bridgehead atoms. The zero-order valence-electron chi connectivity index (χ0n) is 18.4. The molecule has 1 unspecified atom stereocenters. The van der Waals surface area contributed by atoms with E-state index in [0.29, 0.717) is 18.1 Å². The highest BCUT2D eigenvalue weighted by Gasteiger charge is 2.44. The average molecular weight is 424 g/mol. The Morgan fingerprint density at radius 3 is 2.61 bits per heavy atom. The van der Waals surface area contributed by atoms with E-state index in [2.05, 4.69) is 24.2 Å². The van der Waals surface area contributed by atoms with E-state index >= 15 is 0 Å². The van der Waals surface area contributed by atoms with Gasteiger partial charge in [0.15, 0.2) is 0 Å². The van der Waals surface area contributed by atoms with Gasteiger partial charge in [-0.25, -0.2) is 10.2 Å². The lowest BCUT2D eigenvalue weighted by Gasteiger charge is -2.45. The van der Waals surface area contributed by atoms with E-state index in [1.807, 2.05) is 35.1 Å². The van der Waals surface area contributed by atoms with E-state index in [-0.39, 0.29) is 11.5 Å². The number of hydroxylamine groups is 1. The second-order valence-corrected chi connectivity index (χ2v) is 8.62. The standard InChI is InChI=1S/C24H33N5O2/c1-3-21(24(2,29-16-15-26-28-29)20-7-5-4-6-8-20)22(25)17-19-11-9-18(10-12-19)13-14-23(30)27-31/h9-16,20-21,25,31H,3-8,17H2,1-2H3,(H,27,30)/b14-13+,25-22?/t21-,24?/m0/s1. The van der Waals surface area contributed by atoms with Crippen molar-refractivity contribution < 1.29 is 10.0 Å². The molecule has 2 aromatic rings. The van der Waals surface area contributed by atoms with Gasteiger partial charge >= 0.3 is 0 Å². The van der Waals surface area contributed by atoms with Crippen LogP contribution in [0.25, 0.3) is 6.08 Å². The van der Waals surface area contributed by atoms with Crippen LogP contribution in [0.2, 0.25) is 0 Å². The van der Waals surface area contributed by atoms with E-state index in [0.717, 1.165) is 17.5 Å². The maximum atomic E-state index is 11.1.